The Hall–Kier alpha value is -1.75. The molecule has 0 unspecified atom stereocenters. The number of amides is 1. The molecule has 1 heterocycles. The zero-order valence-electron chi connectivity index (χ0n) is 14.5. The van der Waals surface area contributed by atoms with E-state index in [2.05, 4.69) is 29.0 Å². The molecule has 0 saturated carbocycles. The highest BCUT2D eigenvalue weighted by Crippen LogP contribution is 2.26. The predicted molar refractivity (Wildman–Crippen MR) is 97.0 cm³/mol. The van der Waals surface area contributed by atoms with Crippen LogP contribution in [-0.4, -0.2) is 50.1 Å². The van der Waals surface area contributed by atoms with Gasteiger partial charge in [-0.25, -0.2) is 0 Å². The largest absolute Gasteiger partial charge is 0.399 e. The minimum absolute atomic E-state index is 0.0231. The number of hydrogen-bond acceptors (Lipinski definition) is 4. The second kappa shape index (κ2) is 8.77. The maximum atomic E-state index is 12.6. The number of carbonyl (C=O) groups excluding carboxylic acids is 1. The number of nitrogens with two attached hydrogens (primary N) is 1. The zero-order valence-corrected chi connectivity index (χ0v) is 14.5. The van der Waals surface area contributed by atoms with Crippen LogP contribution in [-0.2, 0) is 0 Å². The van der Waals surface area contributed by atoms with Crippen LogP contribution in [0.1, 0.15) is 43.5 Å². The Labute approximate surface area is 139 Å². The summed E-state index contributed by atoms with van der Waals surface area (Å²) in [6.45, 7) is 9.85. The van der Waals surface area contributed by atoms with Crippen LogP contribution in [0.5, 0.6) is 0 Å². The molecule has 1 aliphatic heterocycles. The van der Waals surface area contributed by atoms with Crippen LogP contribution in [0.4, 0.5) is 11.4 Å². The van der Waals surface area contributed by atoms with Crippen molar-refractivity contribution < 1.29 is 4.79 Å². The molecule has 1 aliphatic rings. The van der Waals surface area contributed by atoms with Gasteiger partial charge in [0.15, 0.2) is 0 Å². The van der Waals surface area contributed by atoms with Crippen molar-refractivity contribution in [3.63, 3.8) is 0 Å². The molecular formula is C18H30N4O. The first kappa shape index (κ1) is 17.6. The second-order valence-electron chi connectivity index (χ2n) is 6.11. The molecule has 1 aromatic rings. The SMILES string of the molecule is CCN(CC)CCNC(=O)c1cc(N)ccc1N1CCCCC1. The summed E-state index contributed by atoms with van der Waals surface area (Å²) in [5, 5.41) is 3.04. The number of piperidine rings is 1. The average Bonchev–Trinajstić information content (AvgIpc) is 2.59. The Morgan fingerprint density at radius 3 is 2.57 bits per heavy atom. The number of nitrogens with zero attached hydrogens (tertiary/aromatic N) is 2. The molecule has 0 aromatic heterocycles. The first-order valence-corrected chi connectivity index (χ1v) is 8.80. The van der Waals surface area contributed by atoms with Crippen molar-refractivity contribution in [1.29, 1.82) is 0 Å². The summed E-state index contributed by atoms with van der Waals surface area (Å²) in [5.74, 6) is -0.0231. The average molecular weight is 318 g/mol. The van der Waals surface area contributed by atoms with E-state index in [1.54, 1.807) is 6.07 Å². The normalized spacial score (nSPS) is 15.0. The van der Waals surface area contributed by atoms with E-state index < -0.39 is 0 Å². The fourth-order valence-electron chi connectivity index (χ4n) is 3.11. The van der Waals surface area contributed by atoms with E-state index in [0.717, 1.165) is 38.4 Å². The minimum atomic E-state index is -0.0231. The third-order valence-corrected chi connectivity index (χ3v) is 4.57. The minimum Gasteiger partial charge on any atom is -0.399 e. The lowest BCUT2D eigenvalue weighted by Gasteiger charge is -2.30. The van der Waals surface area contributed by atoms with E-state index in [1.165, 1.54) is 19.3 Å². The number of nitrogens with one attached hydrogen (secondary N) is 1. The maximum absolute atomic E-state index is 12.6. The summed E-state index contributed by atoms with van der Waals surface area (Å²) < 4.78 is 0. The molecule has 1 aromatic carbocycles. The van der Waals surface area contributed by atoms with Gasteiger partial charge in [0.25, 0.3) is 5.91 Å². The number of carbonyl (C=O) groups is 1. The van der Waals surface area contributed by atoms with Crippen LogP contribution in [0.2, 0.25) is 0 Å². The van der Waals surface area contributed by atoms with E-state index in [-0.39, 0.29) is 5.91 Å². The summed E-state index contributed by atoms with van der Waals surface area (Å²) in [6, 6.07) is 5.67. The molecule has 0 radical (unpaired) electrons. The van der Waals surface area contributed by atoms with Crippen molar-refractivity contribution in [1.82, 2.24) is 10.2 Å². The Morgan fingerprint density at radius 1 is 1.22 bits per heavy atom. The van der Waals surface area contributed by atoms with Crippen molar-refractivity contribution in [3.8, 4) is 0 Å². The first-order chi connectivity index (χ1) is 11.2. The van der Waals surface area contributed by atoms with Gasteiger partial charge in [-0.1, -0.05) is 13.8 Å². The van der Waals surface area contributed by atoms with Gasteiger partial charge >= 0.3 is 0 Å². The molecule has 2 rings (SSSR count). The van der Waals surface area contributed by atoms with Crippen molar-refractivity contribution >= 4 is 17.3 Å². The standard InChI is InChI=1S/C18H30N4O/c1-3-21(4-2)13-10-20-18(23)16-14-15(19)8-9-17(16)22-11-6-5-7-12-22/h8-9,14H,3-7,10-13,19H2,1-2H3,(H,20,23). The summed E-state index contributed by atoms with van der Waals surface area (Å²) in [6.07, 6.45) is 3.65. The molecule has 1 saturated heterocycles. The molecule has 1 amide bonds. The Bertz CT molecular complexity index is 508. The number of benzene rings is 1. The van der Waals surface area contributed by atoms with Crippen LogP contribution in [0.15, 0.2) is 18.2 Å². The first-order valence-electron chi connectivity index (χ1n) is 8.80. The molecule has 0 bridgehead atoms. The predicted octanol–water partition coefficient (Wildman–Crippen LogP) is 2.33. The van der Waals surface area contributed by atoms with Gasteiger partial charge in [-0.2, -0.15) is 0 Å². The lowest BCUT2D eigenvalue weighted by atomic mass is 10.1. The van der Waals surface area contributed by atoms with E-state index >= 15 is 0 Å². The van der Waals surface area contributed by atoms with Gasteiger partial charge in [0.2, 0.25) is 0 Å². The number of rotatable bonds is 7. The van der Waals surface area contributed by atoms with E-state index in [1.807, 2.05) is 12.1 Å². The van der Waals surface area contributed by atoms with Crippen molar-refractivity contribution in [2.75, 3.05) is 49.9 Å². The lowest BCUT2D eigenvalue weighted by Crippen LogP contribution is -2.36. The number of likely N-dealkylation sites (N-methyl/N-ethyl adjacent to an activating group) is 1. The Morgan fingerprint density at radius 2 is 1.91 bits per heavy atom. The topological polar surface area (TPSA) is 61.6 Å². The van der Waals surface area contributed by atoms with Gasteiger partial charge in [0, 0.05) is 37.6 Å². The molecule has 5 nitrogen and oxygen atoms in total. The third-order valence-electron chi connectivity index (χ3n) is 4.57. The highest BCUT2D eigenvalue weighted by molar-refractivity contribution is 6.00. The highest BCUT2D eigenvalue weighted by Gasteiger charge is 2.18. The zero-order chi connectivity index (χ0) is 16.7. The smallest absolute Gasteiger partial charge is 0.253 e. The Balaban J connectivity index is 2.04. The summed E-state index contributed by atoms with van der Waals surface area (Å²) in [7, 11) is 0. The van der Waals surface area contributed by atoms with Crippen LogP contribution < -0.4 is 16.0 Å². The molecule has 0 spiro atoms. The fourth-order valence-corrected chi connectivity index (χ4v) is 3.11. The fraction of sp³-hybridized carbons (Fsp3) is 0.611. The molecule has 128 valence electrons. The van der Waals surface area contributed by atoms with Gasteiger partial charge in [-0.3, -0.25) is 4.79 Å². The van der Waals surface area contributed by atoms with Crippen LogP contribution in [0, 0.1) is 0 Å². The molecule has 0 atom stereocenters. The van der Waals surface area contributed by atoms with Crippen molar-refractivity contribution in [2.45, 2.75) is 33.1 Å². The van der Waals surface area contributed by atoms with Gasteiger partial charge < -0.3 is 20.9 Å². The van der Waals surface area contributed by atoms with E-state index in [4.69, 9.17) is 5.73 Å². The van der Waals surface area contributed by atoms with E-state index in [0.29, 0.717) is 17.8 Å². The summed E-state index contributed by atoms with van der Waals surface area (Å²) in [5.41, 5.74) is 8.26. The van der Waals surface area contributed by atoms with Crippen LogP contribution in [0.3, 0.4) is 0 Å². The number of hydrogen-bond donors (Lipinski definition) is 2. The van der Waals surface area contributed by atoms with Crippen molar-refractivity contribution in [2.24, 2.45) is 0 Å². The quantitative estimate of drug-likeness (QED) is 0.758. The molecular weight excluding hydrogens is 288 g/mol. The summed E-state index contributed by atoms with van der Waals surface area (Å²) >= 11 is 0. The van der Waals surface area contributed by atoms with Gasteiger partial charge in [0.05, 0.1) is 5.56 Å². The molecule has 3 N–H and O–H groups in total. The van der Waals surface area contributed by atoms with Gasteiger partial charge in [0.1, 0.15) is 0 Å². The lowest BCUT2D eigenvalue weighted by molar-refractivity contribution is 0.0949. The van der Waals surface area contributed by atoms with Gasteiger partial charge in [-0.05, 0) is 50.6 Å². The number of nitrogen functional groups attached to an aromatic ring is 1. The van der Waals surface area contributed by atoms with Crippen LogP contribution in [0.25, 0.3) is 0 Å². The molecule has 5 heteroatoms. The highest BCUT2D eigenvalue weighted by atomic mass is 16.1. The molecule has 23 heavy (non-hydrogen) atoms. The van der Waals surface area contributed by atoms with Gasteiger partial charge in [-0.15, -0.1) is 0 Å². The summed E-state index contributed by atoms with van der Waals surface area (Å²) in [4.78, 5) is 17.2. The Kier molecular flexibility index (Phi) is 6.71. The second-order valence-corrected chi connectivity index (χ2v) is 6.11. The molecule has 1 fully saturated rings. The molecule has 0 aliphatic carbocycles. The monoisotopic (exact) mass is 318 g/mol. The van der Waals surface area contributed by atoms with Crippen molar-refractivity contribution in [3.05, 3.63) is 23.8 Å². The third kappa shape index (κ3) is 4.86. The number of anilines is 2. The van der Waals surface area contributed by atoms with E-state index in [9.17, 15) is 4.79 Å². The van der Waals surface area contributed by atoms with Crippen LogP contribution >= 0.6 is 0 Å². The maximum Gasteiger partial charge on any atom is 0.253 e.